The van der Waals surface area contributed by atoms with E-state index in [1.807, 2.05) is 18.7 Å². The van der Waals surface area contributed by atoms with Crippen LogP contribution in [0, 0.1) is 12.8 Å². The van der Waals surface area contributed by atoms with Crippen molar-refractivity contribution in [3.8, 4) is 5.75 Å². The molecule has 1 unspecified atom stereocenters. The van der Waals surface area contributed by atoms with E-state index in [0.717, 1.165) is 43.2 Å². The molecule has 0 bridgehead atoms. The SMILES string of the molecule is Cc1ccc(C(C)C)cc1OC(C)C(=O)N1CCC(C)CC1. The first kappa shape index (κ1) is 16.9. The van der Waals surface area contributed by atoms with Crippen LogP contribution in [0.15, 0.2) is 18.2 Å². The van der Waals surface area contributed by atoms with Crippen molar-refractivity contribution in [2.24, 2.45) is 5.92 Å². The fourth-order valence-electron chi connectivity index (χ4n) is 2.83. The molecule has 22 heavy (non-hydrogen) atoms. The van der Waals surface area contributed by atoms with Crippen molar-refractivity contribution in [3.05, 3.63) is 29.3 Å². The maximum absolute atomic E-state index is 12.5. The monoisotopic (exact) mass is 303 g/mol. The van der Waals surface area contributed by atoms with Crippen LogP contribution in [0.2, 0.25) is 0 Å². The number of carbonyl (C=O) groups is 1. The van der Waals surface area contributed by atoms with E-state index < -0.39 is 6.10 Å². The molecule has 0 N–H and O–H groups in total. The zero-order valence-electron chi connectivity index (χ0n) is 14.6. The molecular weight excluding hydrogens is 274 g/mol. The number of carbonyl (C=O) groups excluding carboxylic acids is 1. The third kappa shape index (κ3) is 4.02. The first-order valence-corrected chi connectivity index (χ1v) is 8.44. The van der Waals surface area contributed by atoms with Crippen molar-refractivity contribution in [2.75, 3.05) is 13.1 Å². The number of nitrogens with zero attached hydrogens (tertiary/aromatic N) is 1. The number of hydrogen-bond acceptors (Lipinski definition) is 2. The Morgan fingerprint density at radius 2 is 1.86 bits per heavy atom. The number of amides is 1. The zero-order valence-corrected chi connectivity index (χ0v) is 14.6. The van der Waals surface area contributed by atoms with Gasteiger partial charge < -0.3 is 9.64 Å². The molecule has 122 valence electrons. The Bertz CT molecular complexity index is 516. The standard InChI is InChI=1S/C19H29NO2/c1-13(2)17-7-6-15(4)18(12-17)22-16(5)19(21)20-10-8-14(3)9-11-20/h6-7,12-14,16H,8-11H2,1-5H3. The largest absolute Gasteiger partial charge is 0.481 e. The lowest BCUT2D eigenvalue weighted by molar-refractivity contribution is -0.139. The average molecular weight is 303 g/mol. The number of benzene rings is 1. The summed E-state index contributed by atoms with van der Waals surface area (Å²) in [6.07, 6.45) is 1.77. The molecule has 0 aromatic heterocycles. The van der Waals surface area contributed by atoms with Crippen LogP contribution < -0.4 is 4.74 Å². The summed E-state index contributed by atoms with van der Waals surface area (Å²) in [5.74, 6) is 2.13. The molecule has 1 aromatic carbocycles. The van der Waals surface area contributed by atoms with Crippen LogP contribution in [-0.2, 0) is 4.79 Å². The summed E-state index contributed by atoms with van der Waals surface area (Å²) >= 11 is 0. The van der Waals surface area contributed by atoms with Crippen LogP contribution >= 0.6 is 0 Å². The number of piperidine rings is 1. The molecular formula is C19H29NO2. The number of ether oxygens (including phenoxy) is 1. The minimum absolute atomic E-state index is 0.112. The molecule has 0 radical (unpaired) electrons. The maximum atomic E-state index is 12.5. The van der Waals surface area contributed by atoms with Gasteiger partial charge in [0.25, 0.3) is 5.91 Å². The van der Waals surface area contributed by atoms with Crippen molar-refractivity contribution in [1.29, 1.82) is 0 Å². The van der Waals surface area contributed by atoms with Gasteiger partial charge in [0, 0.05) is 13.1 Å². The third-order valence-corrected chi connectivity index (χ3v) is 4.63. The van der Waals surface area contributed by atoms with Crippen molar-refractivity contribution < 1.29 is 9.53 Å². The molecule has 1 atom stereocenters. The fourth-order valence-corrected chi connectivity index (χ4v) is 2.83. The predicted molar refractivity (Wildman–Crippen MR) is 90.3 cm³/mol. The summed E-state index contributed by atoms with van der Waals surface area (Å²) in [6.45, 7) is 12.2. The summed E-state index contributed by atoms with van der Waals surface area (Å²) in [6, 6.07) is 6.28. The summed E-state index contributed by atoms with van der Waals surface area (Å²) in [7, 11) is 0. The maximum Gasteiger partial charge on any atom is 0.263 e. The molecule has 1 heterocycles. The minimum atomic E-state index is -0.422. The quantitative estimate of drug-likeness (QED) is 0.836. The lowest BCUT2D eigenvalue weighted by atomic mass is 9.99. The van der Waals surface area contributed by atoms with Crippen molar-refractivity contribution in [2.45, 2.75) is 59.5 Å². The van der Waals surface area contributed by atoms with Gasteiger partial charge in [-0.05, 0) is 55.7 Å². The highest BCUT2D eigenvalue weighted by Gasteiger charge is 2.25. The van der Waals surface area contributed by atoms with E-state index in [-0.39, 0.29) is 5.91 Å². The minimum Gasteiger partial charge on any atom is -0.481 e. The Kier molecular flexibility index (Phi) is 5.49. The first-order valence-electron chi connectivity index (χ1n) is 8.44. The third-order valence-electron chi connectivity index (χ3n) is 4.63. The number of rotatable bonds is 4. The van der Waals surface area contributed by atoms with Crippen LogP contribution in [-0.4, -0.2) is 30.0 Å². The van der Waals surface area contributed by atoms with Crippen molar-refractivity contribution >= 4 is 5.91 Å². The van der Waals surface area contributed by atoms with Crippen LogP contribution in [0.25, 0.3) is 0 Å². The second-order valence-corrected chi connectivity index (χ2v) is 6.95. The highest BCUT2D eigenvalue weighted by Crippen LogP contribution is 2.26. The van der Waals surface area contributed by atoms with E-state index in [1.165, 1.54) is 5.56 Å². The summed E-state index contributed by atoms with van der Waals surface area (Å²) in [5.41, 5.74) is 2.32. The Morgan fingerprint density at radius 1 is 1.23 bits per heavy atom. The molecule has 1 aliphatic rings. The van der Waals surface area contributed by atoms with Crippen LogP contribution in [0.4, 0.5) is 0 Å². The average Bonchev–Trinajstić information content (AvgIpc) is 2.49. The number of aryl methyl sites for hydroxylation is 1. The molecule has 1 saturated heterocycles. The van der Waals surface area contributed by atoms with Crippen LogP contribution in [0.5, 0.6) is 5.75 Å². The second kappa shape index (κ2) is 7.17. The summed E-state index contributed by atoms with van der Waals surface area (Å²) in [5, 5.41) is 0. The Hall–Kier alpha value is -1.51. The molecule has 3 nitrogen and oxygen atoms in total. The van der Waals surface area contributed by atoms with Crippen molar-refractivity contribution in [3.63, 3.8) is 0 Å². The Balaban J connectivity index is 2.03. The van der Waals surface area contributed by atoms with Gasteiger partial charge in [-0.1, -0.05) is 32.9 Å². The van der Waals surface area contributed by atoms with E-state index in [9.17, 15) is 4.79 Å². The van der Waals surface area contributed by atoms with E-state index >= 15 is 0 Å². The normalized spacial score (nSPS) is 17.6. The zero-order chi connectivity index (χ0) is 16.3. The van der Waals surface area contributed by atoms with E-state index in [1.54, 1.807) is 0 Å². The topological polar surface area (TPSA) is 29.5 Å². The smallest absolute Gasteiger partial charge is 0.263 e. The number of likely N-dealkylation sites (tertiary alicyclic amines) is 1. The van der Waals surface area contributed by atoms with Crippen LogP contribution in [0.1, 0.15) is 57.6 Å². The molecule has 0 spiro atoms. The summed E-state index contributed by atoms with van der Waals surface area (Å²) in [4.78, 5) is 14.5. The van der Waals surface area contributed by atoms with Gasteiger partial charge in [-0.2, -0.15) is 0 Å². The Morgan fingerprint density at radius 3 is 2.45 bits per heavy atom. The van der Waals surface area contributed by atoms with Gasteiger partial charge in [-0.25, -0.2) is 0 Å². The van der Waals surface area contributed by atoms with Gasteiger partial charge in [0.05, 0.1) is 0 Å². The van der Waals surface area contributed by atoms with Gasteiger partial charge in [-0.3, -0.25) is 4.79 Å². The van der Waals surface area contributed by atoms with E-state index in [2.05, 4.69) is 39.0 Å². The lowest BCUT2D eigenvalue weighted by Crippen LogP contribution is -2.44. The van der Waals surface area contributed by atoms with Gasteiger partial charge >= 0.3 is 0 Å². The molecule has 3 heteroatoms. The molecule has 2 rings (SSSR count). The lowest BCUT2D eigenvalue weighted by Gasteiger charge is -2.32. The molecule has 1 aromatic rings. The van der Waals surface area contributed by atoms with Gasteiger partial charge in [-0.15, -0.1) is 0 Å². The fraction of sp³-hybridized carbons (Fsp3) is 0.632. The number of hydrogen-bond donors (Lipinski definition) is 0. The molecule has 1 amide bonds. The molecule has 0 saturated carbocycles. The summed E-state index contributed by atoms with van der Waals surface area (Å²) < 4.78 is 5.99. The van der Waals surface area contributed by atoms with Gasteiger partial charge in [0.2, 0.25) is 0 Å². The van der Waals surface area contributed by atoms with Crippen molar-refractivity contribution in [1.82, 2.24) is 4.90 Å². The first-order chi connectivity index (χ1) is 10.4. The van der Waals surface area contributed by atoms with Gasteiger partial charge in [0.1, 0.15) is 5.75 Å². The molecule has 1 fully saturated rings. The second-order valence-electron chi connectivity index (χ2n) is 6.95. The highest BCUT2D eigenvalue weighted by atomic mass is 16.5. The van der Waals surface area contributed by atoms with E-state index in [0.29, 0.717) is 5.92 Å². The predicted octanol–water partition coefficient (Wildman–Crippen LogP) is 4.14. The van der Waals surface area contributed by atoms with E-state index in [4.69, 9.17) is 4.74 Å². The molecule has 0 aliphatic carbocycles. The van der Waals surface area contributed by atoms with Gasteiger partial charge in [0.15, 0.2) is 6.10 Å². The van der Waals surface area contributed by atoms with Crippen LogP contribution in [0.3, 0.4) is 0 Å². The highest BCUT2D eigenvalue weighted by molar-refractivity contribution is 5.81. The molecule has 1 aliphatic heterocycles. The Labute approximate surface area is 134 Å².